The van der Waals surface area contributed by atoms with Crippen LogP contribution < -0.4 is 10.6 Å². The first-order chi connectivity index (χ1) is 18.7. The van der Waals surface area contributed by atoms with E-state index >= 15 is 0 Å². The molecule has 1 amide bonds. The zero-order valence-corrected chi connectivity index (χ0v) is 22.4. The highest BCUT2D eigenvalue weighted by Gasteiger charge is 2.32. The predicted octanol–water partition coefficient (Wildman–Crippen LogP) is 4.78. The van der Waals surface area contributed by atoms with Crippen LogP contribution in [0.1, 0.15) is 34.8 Å². The summed E-state index contributed by atoms with van der Waals surface area (Å²) in [4.78, 5) is 26.3. The summed E-state index contributed by atoms with van der Waals surface area (Å²) in [5.41, 5.74) is 1.72. The first-order valence-corrected chi connectivity index (χ1v) is 14.1. The molecule has 39 heavy (non-hydrogen) atoms. The van der Waals surface area contributed by atoms with E-state index in [0.717, 1.165) is 0 Å². The van der Waals surface area contributed by atoms with Crippen LogP contribution in [-0.4, -0.2) is 56.3 Å². The van der Waals surface area contributed by atoms with Crippen molar-refractivity contribution < 1.29 is 27.2 Å². The third-order valence-electron chi connectivity index (χ3n) is 6.44. The molecule has 202 valence electrons. The molecule has 4 aromatic rings. The number of nitrogens with zero attached hydrogens (tertiary/aromatic N) is 1. The molecule has 1 aliphatic heterocycles. The van der Waals surface area contributed by atoms with Crippen molar-refractivity contribution in [1.82, 2.24) is 4.31 Å². The Morgan fingerprint density at radius 3 is 2.36 bits per heavy atom. The molecule has 0 bridgehead atoms. The van der Waals surface area contributed by atoms with Gasteiger partial charge in [-0.2, -0.15) is 4.31 Å². The van der Waals surface area contributed by atoms with E-state index in [0.29, 0.717) is 22.3 Å². The van der Waals surface area contributed by atoms with E-state index in [4.69, 9.17) is 9.15 Å². The molecule has 2 unspecified atom stereocenters. The number of carbonyl (C=O) groups excluding carboxylic acids is 2. The van der Waals surface area contributed by atoms with Gasteiger partial charge in [0.05, 0.1) is 29.3 Å². The van der Waals surface area contributed by atoms with E-state index < -0.39 is 15.9 Å². The van der Waals surface area contributed by atoms with Gasteiger partial charge in [-0.1, -0.05) is 42.5 Å². The number of anilines is 2. The third kappa shape index (κ3) is 5.73. The van der Waals surface area contributed by atoms with E-state index in [-0.39, 0.29) is 53.8 Å². The van der Waals surface area contributed by atoms with Gasteiger partial charge in [-0.15, -0.1) is 0 Å². The van der Waals surface area contributed by atoms with Crippen molar-refractivity contribution in [3.63, 3.8) is 0 Å². The lowest BCUT2D eigenvalue weighted by Crippen LogP contribution is -2.48. The Labute approximate surface area is 226 Å². The minimum absolute atomic E-state index is 0.0414. The number of ketones is 1. The number of hydrogen-bond acceptors (Lipinski definition) is 7. The average Bonchev–Trinajstić information content (AvgIpc) is 3.30. The zero-order chi connectivity index (χ0) is 27.6. The highest BCUT2D eigenvalue weighted by Crippen LogP contribution is 2.31. The molecule has 5 rings (SSSR count). The lowest BCUT2D eigenvalue weighted by molar-refractivity contribution is -0.0440. The van der Waals surface area contributed by atoms with Crippen molar-refractivity contribution in [2.24, 2.45) is 0 Å². The Morgan fingerprint density at radius 2 is 1.62 bits per heavy atom. The van der Waals surface area contributed by atoms with Crippen LogP contribution in [0.3, 0.4) is 0 Å². The number of sulfonamides is 1. The standard InChI is InChI=1S/C29H29N3O6S/c1-19-17-32(18-20(2)37-19)39(35,36)23-12-8-9-21(15-23)25(33)16-30-27-24-13-6-7-14-26(24)38-28(27)29(34)31-22-10-4-3-5-11-22/h3-15,19-20,30H,16-18H2,1-2H3,(H,31,34). The van der Waals surface area contributed by atoms with Crippen molar-refractivity contribution in [2.75, 3.05) is 30.3 Å². The maximum absolute atomic E-state index is 13.3. The Balaban J connectivity index is 1.36. The highest BCUT2D eigenvalue weighted by atomic mass is 32.2. The molecule has 10 heteroatoms. The van der Waals surface area contributed by atoms with Crippen LogP contribution >= 0.6 is 0 Å². The van der Waals surface area contributed by atoms with E-state index in [1.54, 1.807) is 54.6 Å². The van der Waals surface area contributed by atoms with Crippen LogP contribution in [-0.2, 0) is 14.8 Å². The lowest BCUT2D eigenvalue weighted by atomic mass is 10.1. The van der Waals surface area contributed by atoms with Gasteiger partial charge in [0.1, 0.15) is 5.58 Å². The number of para-hydroxylation sites is 2. The second-order valence-corrected chi connectivity index (χ2v) is 11.4. The first-order valence-electron chi connectivity index (χ1n) is 12.6. The van der Waals surface area contributed by atoms with Gasteiger partial charge in [-0.25, -0.2) is 8.42 Å². The van der Waals surface area contributed by atoms with Gasteiger partial charge < -0.3 is 19.8 Å². The van der Waals surface area contributed by atoms with Gasteiger partial charge in [0.25, 0.3) is 5.91 Å². The van der Waals surface area contributed by atoms with E-state index in [2.05, 4.69) is 10.6 Å². The summed E-state index contributed by atoms with van der Waals surface area (Å²) < 4.78 is 39.5. The van der Waals surface area contributed by atoms with Gasteiger partial charge in [0.15, 0.2) is 5.78 Å². The molecule has 0 radical (unpaired) electrons. The maximum Gasteiger partial charge on any atom is 0.293 e. The number of hydrogen-bond donors (Lipinski definition) is 2. The van der Waals surface area contributed by atoms with Crippen molar-refractivity contribution in [2.45, 2.75) is 31.0 Å². The van der Waals surface area contributed by atoms with Gasteiger partial charge in [0, 0.05) is 29.7 Å². The molecule has 2 N–H and O–H groups in total. The number of morpholine rings is 1. The Bertz CT molecular complexity index is 1610. The summed E-state index contributed by atoms with van der Waals surface area (Å²) in [6.45, 7) is 3.97. The number of amides is 1. The molecule has 2 heterocycles. The van der Waals surface area contributed by atoms with Crippen LogP contribution in [0.25, 0.3) is 11.0 Å². The van der Waals surface area contributed by atoms with Crippen LogP contribution in [0.4, 0.5) is 11.4 Å². The van der Waals surface area contributed by atoms with Gasteiger partial charge in [0.2, 0.25) is 15.8 Å². The lowest BCUT2D eigenvalue weighted by Gasteiger charge is -2.34. The minimum Gasteiger partial charge on any atom is -0.449 e. The van der Waals surface area contributed by atoms with E-state index in [1.165, 1.54) is 16.4 Å². The molecule has 0 aliphatic carbocycles. The SMILES string of the molecule is CC1CN(S(=O)(=O)c2cccc(C(=O)CNc3c(C(=O)Nc4ccccc4)oc4ccccc34)c2)CC(C)O1. The molecule has 1 aromatic heterocycles. The second-order valence-electron chi connectivity index (χ2n) is 9.51. The zero-order valence-electron chi connectivity index (χ0n) is 21.6. The fourth-order valence-corrected chi connectivity index (χ4v) is 6.30. The largest absolute Gasteiger partial charge is 0.449 e. The van der Waals surface area contributed by atoms with Crippen LogP contribution in [0.5, 0.6) is 0 Å². The number of benzene rings is 3. The molecule has 0 spiro atoms. The maximum atomic E-state index is 13.3. The summed E-state index contributed by atoms with van der Waals surface area (Å²) in [7, 11) is -3.81. The highest BCUT2D eigenvalue weighted by molar-refractivity contribution is 7.89. The summed E-state index contributed by atoms with van der Waals surface area (Å²) in [5.74, 6) is -0.760. The summed E-state index contributed by atoms with van der Waals surface area (Å²) in [6, 6.07) is 22.1. The van der Waals surface area contributed by atoms with Crippen LogP contribution in [0, 0.1) is 0 Å². The van der Waals surface area contributed by atoms with Gasteiger partial charge in [-0.05, 0) is 50.2 Å². The van der Waals surface area contributed by atoms with Crippen molar-refractivity contribution in [1.29, 1.82) is 0 Å². The molecule has 1 aliphatic rings. The van der Waals surface area contributed by atoms with Gasteiger partial charge >= 0.3 is 0 Å². The molecular weight excluding hydrogens is 518 g/mol. The van der Waals surface area contributed by atoms with Crippen LogP contribution in [0.15, 0.2) is 88.2 Å². The van der Waals surface area contributed by atoms with Crippen molar-refractivity contribution in [3.05, 3.63) is 90.2 Å². The number of rotatable bonds is 8. The first kappa shape index (κ1) is 26.6. The smallest absolute Gasteiger partial charge is 0.293 e. The number of carbonyl (C=O) groups is 2. The van der Waals surface area contributed by atoms with Crippen molar-refractivity contribution >= 4 is 44.1 Å². The molecule has 2 atom stereocenters. The second kappa shape index (κ2) is 11.0. The average molecular weight is 548 g/mol. The monoisotopic (exact) mass is 547 g/mol. The van der Waals surface area contributed by atoms with E-state index in [9.17, 15) is 18.0 Å². The normalized spacial score (nSPS) is 18.1. The summed E-state index contributed by atoms with van der Waals surface area (Å²) in [6.07, 6.45) is -0.453. The van der Waals surface area contributed by atoms with Crippen LogP contribution in [0.2, 0.25) is 0 Å². The minimum atomic E-state index is -3.81. The summed E-state index contributed by atoms with van der Waals surface area (Å²) in [5, 5.41) is 6.50. The molecule has 0 saturated carbocycles. The quantitative estimate of drug-likeness (QED) is 0.305. The molecule has 1 fully saturated rings. The molecule has 3 aromatic carbocycles. The Morgan fingerprint density at radius 1 is 0.923 bits per heavy atom. The fraction of sp³-hybridized carbons (Fsp3) is 0.241. The van der Waals surface area contributed by atoms with Crippen molar-refractivity contribution in [3.8, 4) is 0 Å². The molecule has 1 saturated heterocycles. The topological polar surface area (TPSA) is 118 Å². The predicted molar refractivity (Wildman–Crippen MR) is 149 cm³/mol. The van der Waals surface area contributed by atoms with E-state index in [1.807, 2.05) is 26.0 Å². The Kier molecular flexibility index (Phi) is 7.51. The Hall–Kier alpha value is -3.99. The number of Topliss-reactive ketones (excluding diaryl/α,β-unsaturated/α-hetero) is 1. The third-order valence-corrected chi connectivity index (χ3v) is 8.27. The fourth-order valence-electron chi connectivity index (χ4n) is 4.67. The molecule has 9 nitrogen and oxygen atoms in total. The number of nitrogens with one attached hydrogen (secondary N) is 2. The number of fused-ring (bicyclic) bond motifs is 1. The van der Waals surface area contributed by atoms with Gasteiger partial charge in [-0.3, -0.25) is 9.59 Å². The molecular formula is C29H29N3O6S. The number of furan rings is 1. The number of ether oxygens (including phenoxy) is 1. The summed E-state index contributed by atoms with van der Waals surface area (Å²) >= 11 is 0.